The van der Waals surface area contributed by atoms with E-state index in [-0.39, 0.29) is 29.6 Å². The van der Waals surface area contributed by atoms with Gasteiger partial charge in [-0.05, 0) is 48.7 Å². The normalized spacial score (nSPS) is 23.0. The van der Waals surface area contributed by atoms with Gasteiger partial charge < -0.3 is 4.90 Å². The van der Waals surface area contributed by atoms with Crippen LogP contribution in [0.3, 0.4) is 0 Å². The van der Waals surface area contributed by atoms with E-state index in [1.165, 1.54) is 0 Å². The molecule has 0 saturated carbocycles. The number of fused-ring (bicyclic) bond motifs is 1. The van der Waals surface area contributed by atoms with Crippen LogP contribution >= 0.6 is 0 Å². The molecule has 2 heterocycles. The average Bonchev–Trinajstić information content (AvgIpc) is 3.09. The first-order chi connectivity index (χ1) is 13.3. The molecule has 0 aromatic heterocycles. The van der Waals surface area contributed by atoms with Crippen LogP contribution < -0.4 is 4.90 Å². The number of benzene rings is 2. The second kappa shape index (κ2) is 6.64. The number of anilines is 1. The highest BCUT2D eigenvalue weighted by Gasteiger charge is 2.54. The summed E-state index contributed by atoms with van der Waals surface area (Å²) in [7, 11) is -3.21. The predicted molar refractivity (Wildman–Crippen MR) is 107 cm³/mol. The van der Waals surface area contributed by atoms with Crippen LogP contribution in [0.2, 0.25) is 0 Å². The maximum absolute atomic E-state index is 13.3. The van der Waals surface area contributed by atoms with E-state index in [2.05, 4.69) is 6.07 Å². The summed E-state index contributed by atoms with van der Waals surface area (Å²) in [5.74, 6) is -0.0261. The van der Waals surface area contributed by atoms with Crippen molar-refractivity contribution in [3.05, 3.63) is 64.7 Å². The minimum Gasteiger partial charge on any atom is -0.314 e. The first-order valence-electron chi connectivity index (χ1n) is 9.15. The molecule has 0 aliphatic carbocycles. The van der Waals surface area contributed by atoms with Gasteiger partial charge in [-0.1, -0.05) is 24.3 Å². The van der Waals surface area contributed by atoms with Gasteiger partial charge in [0.2, 0.25) is 0 Å². The summed E-state index contributed by atoms with van der Waals surface area (Å²) in [6.45, 7) is 4.22. The number of urea groups is 1. The first kappa shape index (κ1) is 18.5. The number of carbonyl (C=O) groups is 1. The van der Waals surface area contributed by atoms with Crippen LogP contribution in [-0.2, 0) is 16.4 Å². The molecular formula is C21H21N3O3S. The van der Waals surface area contributed by atoms with Crippen LogP contribution in [0.1, 0.15) is 22.3 Å². The first-order valence-corrected chi connectivity index (χ1v) is 11.0. The fraction of sp³-hybridized carbons (Fsp3) is 0.333. The summed E-state index contributed by atoms with van der Waals surface area (Å²) in [6, 6.07) is 14.1. The maximum atomic E-state index is 13.3. The van der Waals surface area contributed by atoms with Gasteiger partial charge in [-0.2, -0.15) is 5.26 Å². The van der Waals surface area contributed by atoms with Gasteiger partial charge in [0.25, 0.3) is 0 Å². The lowest BCUT2D eigenvalue weighted by atomic mass is 10.1. The Bertz CT molecular complexity index is 1090. The maximum Gasteiger partial charge on any atom is 0.325 e. The van der Waals surface area contributed by atoms with E-state index < -0.39 is 9.84 Å². The Morgan fingerprint density at radius 1 is 1.07 bits per heavy atom. The number of amides is 2. The van der Waals surface area contributed by atoms with Crippen LogP contribution in [0.25, 0.3) is 0 Å². The van der Waals surface area contributed by atoms with Crippen molar-refractivity contribution >= 4 is 21.6 Å². The smallest absolute Gasteiger partial charge is 0.314 e. The summed E-state index contributed by atoms with van der Waals surface area (Å²) in [4.78, 5) is 16.7. The van der Waals surface area contributed by atoms with E-state index in [0.29, 0.717) is 12.1 Å². The molecule has 0 spiro atoms. The van der Waals surface area contributed by atoms with E-state index in [1.54, 1.807) is 21.9 Å². The van der Waals surface area contributed by atoms with E-state index >= 15 is 0 Å². The molecule has 6 nitrogen and oxygen atoms in total. The van der Waals surface area contributed by atoms with Gasteiger partial charge in [-0.3, -0.25) is 4.90 Å². The lowest BCUT2D eigenvalue weighted by molar-refractivity contribution is 0.206. The molecule has 0 N–H and O–H groups in total. The Morgan fingerprint density at radius 3 is 2.43 bits per heavy atom. The molecule has 2 fully saturated rings. The van der Waals surface area contributed by atoms with Gasteiger partial charge >= 0.3 is 6.03 Å². The van der Waals surface area contributed by atoms with E-state index in [9.17, 15) is 13.2 Å². The molecule has 2 unspecified atom stereocenters. The van der Waals surface area contributed by atoms with Crippen molar-refractivity contribution in [1.29, 1.82) is 5.26 Å². The van der Waals surface area contributed by atoms with Crippen LogP contribution in [0, 0.1) is 25.2 Å². The molecule has 2 atom stereocenters. The summed E-state index contributed by atoms with van der Waals surface area (Å²) >= 11 is 0. The molecule has 7 heteroatoms. The fourth-order valence-corrected chi connectivity index (χ4v) is 6.05. The zero-order valence-electron chi connectivity index (χ0n) is 15.8. The van der Waals surface area contributed by atoms with Crippen molar-refractivity contribution in [1.82, 2.24) is 4.90 Å². The predicted octanol–water partition coefficient (Wildman–Crippen LogP) is 2.78. The quantitative estimate of drug-likeness (QED) is 0.749. The Labute approximate surface area is 164 Å². The standard InChI is InChI=1S/C21H21N3O3S/c1-14-3-4-15(2)18(9-14)24-20-13-28(26,27)12-19(20)23(21(24)25)11-17-7-5-16(10-22)6-8-17/h3-9,19-20H,11-13H2,1-2H3. The second-order valence-corrected chi connectivity index (χ2v) is 9.74. The van der Waals surface area contributed by atoms with Crippen LogP contribution in [0.4, 0.5) is 10.5 Å². The number of hydrogen-bond acceptors (Lipinski definition) is 4. The van der Waals surface area contributed by atoms with Gasteiger partial charge in [-0.25, -0.2) is 13.2 Å². The van der Waals surface area contributed by atoms with E-state index in [0.717, 1.165) is 22.4 Å². The molecule has 144 valence electrons. The zero-order valence-corrected chi connectivity index (χ0v) is 16.6. The minimum absolute atomic E-state index is 0.0128. The number of nitriles is 1. The zero-order chi connectivity index (χ0) is 20.1. The highest BCUT2D eigenvalue weighted by molar-refractivity contribution is 7.91. The van der Waals surface area contributed by atoms with Gasteiger partial charge in [0, 0.05) is 12.2 Å². The Kier molecular flexibility index (Phi) is 4.39. The third kappa shape index (κ3) is 3.14. The molecule has 2 aromatic carbocycles. The van der Waals surface area contributed by atoms with Gasteiger partial charge in [-0.15, -0.1) is 0 Å². The molecule has 2 saturated heterocycles. The largest absolute Gasteiger partial charge is 0.325 e. The summed E-state index contributed by atoms with van der Waals surface area (Å²) in [5, 5.41) is 8.96. The summed E-state index contributed by atoms with van der Waals surface area (Å²) in [5.41, 5.74) is 4.17. The number of hydrogen-bond donors (Lipinski definition) is 0. The van der Waals surface area contributed by atoms with Crippen molar-refractivity contribution in [3.63, 3.8) is 0 Å². The lowest BCUT2D eigenvalue weighted by Gasteiger charge is -2.24. The number of rotatable bonds is 3. The number of nitrogens with zero attached hydrogens (tertiary/aromatic N) is 3. The Hall–Kier alpha value is -2.85. The summed E-state index contributed by atoms with van der Waals surface area (Å²) < 4.78 is 24.7. The third-order valence-corrected chi connectivity index (χ3v) is 7.24. The highest BCUT2D eigenvalue weighted by Crippen LogP contribution is 2.37. The molecule has 2 aliphatic rings. The highest BCUT2D eigenvalue weighted by atomic mass is 32.2. The van der Waals surface area contributed by atoms with E-state index in [1.807, 2.05) is 44.2 Å². The molecule has 0 bridgehead atoms. The van der Waals surface area contributed by atoms with Gasteiger partial charge in [0.15, 0.2) is 9.84 Å². The van der Waals surface area contributed by atoms with Crippen molar-refractivity contribution in [2.45, 2.75) is 32.5 Å². The van der Waals surface area contributed by atoms with E-state index in [4.69, 9.17) is 5.26 Å². The molecule has 0 radical (unpaired) electrons. The Balaban J connectivity index is 1.72. The van der Waals surface area contributed by atoms with Crippen LogP contribution in [0.5, 0.6) is 0 Å². The number of carbonyl (C=O) groups excluding carboxylic acids is 1. The van der Waals surface area contributed by atoms with Gasteiger partial charge in [0.1, 0.15) is 0 Å². The topological polar surface area (TPSA) is 81.5 Å². The fourth-order valence-electron chi connectivity index (χ4n) is 4.10. The average molecular weight is 395 g/mol. The third-order valence-electron chi connectivity index (χ3n) is 5.54. The molecule has 4 rings (SSSR count). The molecular weight excluding hydrogens is 374 g/mol. The van der Waals surface area contributed by atoms with Crippen molar-refractivity contribution in [3.8, 4) is 6.07 Å². The monoisotopic (exact) mass is 395 g/mol. The summed E-state index contributed by atoms with van der Waals surface area (Å²) in [6.07, 6.45) is 0. The van der Waals surface area contributed by atoms with Gasteiger partial charge in [0.05, 0.1) is 35.2 Å². The van der Waals surface area contributed by atoms with Crippen LogP contribution in [-0.4, -0.2) is 42.9 Å². The number of sulfone groups is 1. The molecule has 2 amide bonds. The van der Waals surface area contributed by atoms with Crippen molar-refractivity contribution < 1.29 is 13.2 Å². The minimum atomic E-state index is -3.21. The second-order valence-electron chi connectivity index (χ2n) is 7.59. The van der Waals surface area contributed by atoms with Crippen molar-refractivity contribution in [2.24, 2.45) is 0 Å². The molecule has 2 aromatic rings. The Morgan fingerprint density at radius 2 is 1.75 bits per heavy atom. The van der Waals surface area contributed by atoms with Crippen molar-refractivity contribution in [2.75, 3.05) is 16.4 Å². The SMILES string of the molecule is Cc1ccc(C)c(N2C(=O)N(Cc3ccc(C#N)cc3)C3CS(=O)(=O)CC32)c1. The molecule has 28 heavy (non-hydrogen) atoms. The van der Waals surface area contributed by atoms with Crippen LogP contribution in [0.15, 0.2) is 42.5 Å². The lowest BCUT2D eigenvalue weighted by Crippen LogP contribution is -2.38. The number of aryl methyl sites for hydroxylation is 2. The molecule has 2 aliphatic heterocycles.